The first-order chi connectivity index (χ1) is 1.41. The Morgan fingerprint density at radius 1 is 1.75 bits per heavy atom. The normalized spacial score (nSPS) is 3.00. The monoisotopic (exact) mass is 292 g/mol. The van der Waals surface area contributed by atoms with Gasteiger partial charge in [-0.1, -0.05) is 0 Å². The fraction of sp³-hybridized carbons (Fsp3) is 0. The quantitative estimate of drug-likeness (QED) is 0.411. The number of rotatable bonds is 0. The van der Waals surface area contributed by atoms with Gasteiger partial charge in [-0.15, -0.1) is 0 Å². The SMILES string of the molecule is [Cs+].[O-]C=[Te]. The molecule has 0 bridgehead atoms. The minimum absolute atomic E-state index is 0. The molecule has 0 aromatic rings. The van der Waals surface area contributed by atoms with Gasteiger partial charge in [0.15, 0.2) is 0 Å². The molecule has 0 aliphatic heterocycles. The van der Waals surface area contributed by atoms with Crippen molar-refractivity contribution in [3.8, 4) is 0 Å². The molecular weight excluding hydrogens is 289 g/mol. The summed E-state index contributed by atoms with van der Waals surface area (Å²) in [6, 6.07) is 0. The van der Waals surface area contributed by atoms with Crippen molar-refractivity contribution in [3.05, 3.63) is 0 Å². The van der Waals surface area contributed by atoms with Crippen molar-refractivity contribution in [2.24, 2.45) is 0 Å². The van der Waals surface area contributed by atoms with Gasteiger partial charge in [-0.05, 0) is 0 Å². The molecule has 3 heteroatoms. The van der Waals surface area contributed by atoms with Gasteiger partial charge in [-0.3, -0.25) is 0 Å². The van der Waals surface area contributed by atoms with E-state index in [9.17, 15) is 0 Å². The molecule has 18 valence electrons. The predicted molar refractivity (Wildman–Crippen MR) is 11.8 cm³/mol. The van der Waals surface area contributed by atoms with E-state index in [2.05, 4.69) is 0 Å². The van der Waals surface area contributed by atoms with Gasteiger partial charge in [-0.2, -0.15) is 0 Å². The summed E-state index contributed by atoms with van der Waals surface area (Å²) >= 11 is 1.39. The van der Waals surface area contributed by atoms with Crippen LogP contribution >= 0.6 is 0 Å². The van der Waals surface area contributed by atoms with Crippen LogP contribution in [0.4, 0.5) is 0 Å². The van der Waals surface area contributed by atoms with Gasteiger partial charge in [-0.25, -0.2) is 0 Å². The molecule has 0 amide bonds. The molecule has 0 radical (unpaired) electrons. The topological polar surface area (TPSA) is 23.1 Å². The van der Waals surface area contributed by atoms with E-state index in [4.69, 9.17) is 5.11 Å². The zero-order valence-corrected chi connectivity index (χ0v) is 11.0. The average molecular weight is 290 g/mol. The third-order valence-electron chi connectivity index (χ3n) is 0. The first-order valence-electron chi connectivity index (χ1n) is 0.471. The number of hydrogen-bond acceptors (Lipinski definition) is 1. The second-order valence-corrected chi connectivity index (χ2v) is 0.645. The first-order valence-corrected chi connectivity index (χ1v) is 1.82. The Hall–Kier alpha value is 2.51. The van der Waals surface area contributed by atoms with E-state index in [-0.39, 0.29) is 68.9 Å². The van der Waals surface area contributed by atoms with E-state index in [1.807, 2.05) is 0 Å². The van der Waals surface area contributed by atoms with Crippen molar-refractivity contribution < 1.29 is 74.0 Å². The molecule has 0 atom stereocenters. The van der Waals surface area contributed by atoms with E-state index in [0.717, 1.165) is 4.24 Å². The van der Waals surface area contributed by atoms with Gasteiger partial charge in [0.25, 0.3) is 0 Å². The van der Waals surface area contributed by atoms with Gasteiger partial charge in [0.2, 0.25) is 0 Å². The van der Waals surface area contributed by atoms with Crippen LogP contribution in [-0.4, -0.2) is 26.1 Å². The zero-order valence-electron chi connectivity index (χ0n) is 2.39. The van der Waals surface area contributed by atoms with Crippen molar-refractivity contribution in [3.63, 3.8) is 0 Å². The minimum atomic E-state index is 0. The van der Waals surface area contributed by atoms with Crippen LogP contribution in [0, 0.1) is 0 Å². The van der Waals surface area contributed by atoms with Crippen molar-refractivity contribution in [1.29, 1.82) is 0 Å². The van der Waals surface area contributed by atoms with E-state index in [0.29, 0.717) is 0 Å². The second-order valence-electron chi connectivity index (χ2n) is 0.0962. The van der Waals surface area contributed by atoms with Gasteiger partial charge in [0.05, 0.1) is 0 Å². The molecule has 0 aromatic carbocycles. The summed E-state index contributed by atoms with van der Waals surface area (Å²) in [5.74, 6) is 0. The molecule has 0 saturated heterocycles. The Labute approximate surface area is 97.0 Å². The molecule has 0 saturated carbocycles. The predicted octanol–water partition coefficient (Wildman–Crippen LogP) is -4.72. The summed E-state index contributed by atoms with van der Waals surface area (Å²) in [4.78, 5) is 0. The van der Waals surface area contributed by atoms with Crippen LogP contribution in [-0.2, 0) is 0 Å². The van der Waals surface area contributed by atoms with Crippen LogP contribution in [0.15, 0.2) is 0 Å². The zero-order chi connectivity index (χ0) is 2.71. The van der Waals surface area contributed by atoms with E-state index >= 15 is 0 Å². The Morgan fingerprint density at radius 2 is 1.75 bits per heavy atom. The summed E-state index contributed by atoms with van der Waals surface area (Å²) in [7, 11) is 0. The molecule has 4 heavy (non-hydrogen) atoms. The molecule has 0 aliphatic rings. The molecule has 0 unspecified atom stereocenters. The molecule has 1 nitrogen and oxygen atoms in total. The van der Waals surface area contributed by atoms with Gasteiger partial charge >= 0.3 is 100 Å². The summed E-state index contributed by atoms with van der Waals surface area (Å²) in [6.07, 6.45) is 0. The van der Waals surface area contributed by atoms with Crippen LogP contribution in [0.5, 0.6) is 0 Å². The third-order valence-corrected chi connectivity index (χ3v) is 0. The molecule has 0 spiro atoms. The van der Waals surface area contributed by atoms with Crippen molar-refractivity contribution in [2.45, 2.75) is 0 Å². The molecule has 0 aliphatic carbocycles. The molecule has 0 fully saturated rings. The van der Waals surface area contributed by atoms with Crippen LogP contribution in [0.1, 0.15) is 0 Å². The fourth-order valence-electron chi connectivity index (χ4n) is 0. The van der Waals surface area contributed by atoms with Crippen molar-refractivity contribution >= 4 is 26.1 Å². The van der Waals surface area contributed by atoms with E-state index in [1.165, 1.54) is 21.8 Å². The Bertz CT molecular complexity index is 15.5. The molecule has 0 heterocycles. The van der Waals surface area contributed by atoms with Gasteiger partial charge < -0.3 is 0 Å². The van der Waals surface area contributed by atoms with E-state index in [1.54, 1.807) is 0 Å². The van der Waals surface area contributed by atoms with Crippen molar-refractivity contribution in [1.82, 2.24) is 0 Å². The Balaban J connectivity index is 0. The van der Waals surface area contributed by atoms with Gasteiger partial charge in [0.1, 0.15) is 0 Å². The summed E-state index contributed by atoms with van der Waals surface area (Å²) in [6.45, 7) is 0. The molecule has 0 N–H and O–H groups in total. The Morgan fingerprint density at radius 3 is 1.75 bits per heavy atom. The molecule has 0 aromatic heterocycles. The van der Waals surface area contributed by atoms with Crippen LogP contribution in [0.3, 0.4) is 0 Å². The van der Waals surface area contributed by atoms with Crippen LogP contribution < -0.4 is 74.0 Å². The van der Waals surface area contributed by atoms with E-state index < -0.39 is 0 Å². The summed E-state index contributed by atoms with van der Waals surface area (Å²) < 4.78 is 0.760. The molecule has 0 rings (SSSR count). The van der Waals surface area contributed by atoms with Gasteiger partial charge in [0, 0.05) is 0 Å². The standard InChI is InChI=1S/CH2OTe.Cs/c2-1-3;/h1H,(H,2,3);/q;+1/p-1. The fourth-order valence-corrected chi connectivity index (χ4v) is 0. The number of hydrogen-bond donors (Lipinski definition) is 0. The molecular formula is CHCsOTe. The van der Waals surface area contributed by atoms with Crippen LogP contribution in [0.2, 0.25) is 0 Å². The second kappa shape index (κ2) is 9.10. The third kappa shape index (κ3) is 8.82. The van der Waals surface area contributed by atoms with Crippen LogP contribution in [0.25, 0.3) is 0 Å². The Kier molecular flexibility index (Phi) is 22.1. The first kappa shape index (κ1) is 9.72. The summed E-state index contributed by atoms with van der Waals surface area (Å²) in [5.41, 5.74) is 0. The average Bonchev–Trinajstić information content (AvgIpc) is 0.918. The van der Waals surface area contributed by atoms with Crippen molar-refractivity contribution in [2.75, 3.05) is 0 Å². The summed E-state index contributed by atoms with van der Waals surface area (Å²) in [5, 5.41) is 8.81. The maximum absolute atomic E-state index is 8.81. The maximum atomic E-state index is 8.81.